The topological polar surface area (TPSA) is 79.5 Å². The Morgan fingerprint density at radius 1 is 0.857 bits per heavy atom. The van der Waals surface area contributed by atoms with E-state index in [2.05, 4.69) is 16.0 Å². The minimum absolute atomic E-state index is 0.306. The molecule has 0 heterocycles. The van der Waals surface area contributed by atoms with Crippen molar-refractivity contribution in [1.29, 1.82) is 0 Å². The number of hydrogen-bond acceptors (Lipinski definition) is 3. The first kappa shape index (κ1) is 14.4. The molecule has 0 aliphatic carbocycles. The van der Waals surface area contributed by atoms with Crippen LogP contribution in [0.2, 0.25) is 0 Å². The lowest BCUT2D eigenvalue weighted by atomic mass is 10.3. The van der Waals surface area contributed by atoms with Crippen LogP contribution in [-0.4, -0.2) is 19.2 Å². The molecular weight excluding hydrogens is 270 g/mol. The molecule has 2 aromatic rings. The van der Waals surface area contributed by atoms with Crippen molar-refractivity contribution in [3.05, 3.63) is 54.6 Å². The van der Waals surface area contributed by atoms with Crippen LogP contribution in [0.25, 0.3) is 0 Å². The van der Waals surface area contributed by atoms with Crippen LogP contribution in [0.1, 0.15) is 0 Å². The highest BCUT2D eigenvalue weighted by molar-refractivity contribution is 5.90. The fraction of sp³-hybridized carbons (Fsp3) is 0.0667. The van der Waals surface area contributed by atoms with Gasteiger partial charge in [0.1, 0.15) is 5.75 Å². The van der Waals surface area contributed by atoms with Gasteiger partial charge in [-0.2, -0.15) is 0 Å². The van der Waals surface area contributed by atoms with E-state index in [1.165, 1.54) is 7.05 Å². The summed E-state index contributed by atoms with van der Waals surface area (Å²) in [4.78, 5) is 22.8. The van der Waals surface area contributed by atoms with E-state index >= 15 is 0 Å². The summed E-state index contributed by atoms with van der Waals surface area (Å²) >= 11 is 0. The molecule has 6 heteroatoms. The van der Waals surface area contributed by atoms with Gasteiger partial charge in [-0.25, -0.2) is 9.59 Å². The number of nitrogens with one attached hydrogen (secondary N) is 3. The lowest BCUT2D eigenvalue weighted by molar-refractivity contribution is 0.215. The number of rotatable bonds is 3. The van der Waals surface area contributed by atoms with E-state index in [1.54, 1.807) is 48.5 Å². The molecule has 0 aliphatic rings. The molecule has 0 saturated heterocycles. The summed E-state index contributed by atoms with van der Waals surface area (Å²) in [5, 5.41) is 7.66. The van der Waals surface area contributed by atoms with Gasteiger partial charge in [0.2, 0.25) is 0 Å². The van der Waals surface area contributed by atoms with Gasteiger partial charge in [0.05, 0.1) is 0 Å². The molecular formula is C15H15N3O3. The molecule has 0 aliphatic heterocycles. The van der Waals surface area contributed by atoms with Crippen LogP contribution in [0.4, 0.5) is 21.0 Å². The molecule has 3 N–H and O–H groups in total. The van der Waals surface area contributed by atoms with Crippen LogP contribution < -0.4 is 20.7 Å². The number of amides is 3. The van der Waals surface area contributed by atoms with Gasteiger partial charge in [0.15, 0.2) is 0 Å². The molecule has 0 atom stereocenters. The van der Waals surface area contributed by atoms with E-state index in [0.29, 0.717) is 17.1 Å². The Labute approximate surface area is 122 Å². The van der Waals surface area contributed by atoms with Gasteiger partial charge in [0, 0.05) is 18.4 Å². The second-order valence-electron chi connectivity index (χ2n) is 4.11. The van der Waals surface area contributed by atoms with Crippen LogP contribution in [0.15, 0.2) is 54.6 Å². The molecule has 2 rings (SSSR count). The van der Waals surface area contributed by atoms with Gasteiger partial charge >= 0.3 is 12.1 Å². The number of anilines is 2. The number of urea groups is 1. The third-order valence-corrected chi connectivity index (χ3v) is 2.57. The summed E-state index contributed by atoms with van der Waals surface area (Å²) in [6.07, 6.45) is -0.576. The van der Waals surface area contributed by atoms with Gasteiger partial charge in [-0.3, -0.25) is 5.32 Å². The van der Waals surface area contributed by atoms with Crippen molar-refractivity contribution >= 4 is 23.5 Å². The van der Waals surface area contributed by atoms with Crippen LogP contribution in [0.3, 0.4) is 0 Å². The quantitative estimate of drug-likeness (QED) is 0.811. The van der Waals surface area contributed by atoms with E-state index in [0.717, 1.165) is 0 Å². The van der Waals surface area contributed by atoms with Crippen molar-refractivity contribution < 1.29 is 14.3 Å². The second-order valence-corrected chi connectivity index (χ2v) is 4.11. The van der Waals surface area contributed by atoms with E-state index in [-0.39, 0.29) is 6.03 Å². The van der Waals surface area contributed by atoms with Crippen molar-refractivity contribution in [3.63, 3.8) is 0 Å². The van der Waals surface area contributed by atoms with E-state index < -0.39 is 6.09 Å². The van der Waals surface area contributed by atoms with Crippen LogP contribution in [-0.2, 0) is 0 Å². The predicted octanol–water partition coefficient (Wildman–Crippen LogP) is 3.05. The molecule has 2 aromatic carbocycles. The first-order chi connectivity index (χ1) is 10.2. The van der Waals surface area contributed by atoms with Crippen molar-refractivity contribution in [2.24, 2.45) is 0 Å². The normalized spacial score (nSPS) is 9.57. The molecule has 0 bridgehead atoms. The SMILES string of the molecule is CNC(=O)Nc1ccc(NC(=O)Oc2ccccc2)cc1. The fourth-order valence-electron chi connectivity index (χ4n) is 1.57. The summed E-state index contributed by atoms with van der Waals surface area (Å²) in [5.41, 5.74) is 1.19. The van der Waals surface area contributed by atoms with E-state index in [1.807, 2.05) is 6.07 Å². The molecule has 21 heavy (non-hydrogen) atoms. The lowest BCUT2D eigenvalue weighted by Crippen LogP contribution is -2.24. The van der Waals surface area contributed by atoms with Gasteiger partial charge in [-0.1, -0.05) is 18.2 Å². The molecule has 0 fully saturated rings. The van der Waals surface area contributed by atoms with Gasteiger partial charge in [-0.15, -0.1) is 0 Å². The molecule has 0 saturated carbocycles. The number of hydrogen-bond donors (Lipinski definition) is 3. The lowest BCUT2D eigenvalue weighted by Gasteiger charge is -2.08. The van der Waals surface area contributed by atoms with Crippen LogP contribution in [0, 0.1) is 0 Å². The second kappa shape index (κ2) is 6.95. The molecule has 108 valence electrons. The van der Waals surface area contributed by atoms with Crippen LogP contribution in [0.5, 0.6) is 5.75 Å². The average molecular weight is 285 g/mol. The highest BCUT2D eigenvalue weighted by Gasteiger charge is 2.05. The zero-order valence-electron chi connectivity index (χ0n) is 11.4. The Morgan fingerprint density at radius 3 is 2.00 bits per heavy atom. The number of para-hydroxylation sites is 1. The summed E-state index contributed by atoms with van der Waals surface area (Å²) in [5.74, 6) is 0.466. The first-order valence-corrected chi connectivity index (χ1v) is 6.30. The number of carbonyl (C=O) groups is 2. The Balaban J connectivity index is 1.91. The third-order valence-electron chi connectivity index (χ3n) is 2.57. The summed E-state index contributed by atoms with van der Waals surface area (Å²) in [7, 11) is 1.53. The molecule has 0 unspecified atom stereocenters. The highest BCUT2D eigenvalue weighted by atomic mass is 16.6. The monoisotopic (exact) mass is 285 g/mol. The van der Waals surface area contributed by atoms with Crippen molar-refractivity contribution in [1.82, 2.24) is 5.32 Å². The standard InChI is InChI=1S/C15H15N3O3/c1-16-14(19)17-11-7-9-12(10-8-11)18-15(20)21-13-5-3-2-4-6-13/h2-10H,1H3,(H,18,20)(H2,16,17,19). The maximum atomic E-state index is 11.7. The Hall–Kier alpha value is -3.02. The number of carbonyl (C=O) groups excluding carboxylic acids is 2. The largest absolute Gasteiger partial charge is 0.417 e. The van der Waals surface area contributed by atoms with Crippen molar-refractivity contribution in [2.75, 3.05) is 17.7 Å². The minimum Gasteiger partial charge on any atom is -0.410 e. The highest BCUT2D eigenvalue weighted by Crippen LogP contribution is 2.15. The minimum atomic E-state index is -0.576. The van der Waals surface area contributed by atoms with Crippen molar-refractivity contribution in [2.45, 2.75) is 0 Å². The van der Waals surface area contributed by atoms with Crippen LogP contribution >= 0.6 is 0 Å². The Bertz CT molecular complexity index is 612. The van der Waals surface area contributed by atoms with Gasteiger partial charge in [0.25, 0.3) is 0 Å². The summed E-state index contributed by atoms with van der Waals surface area (Å²) < 4.78 is 5.10. The number of benzene rings is 2. The molecule has 0 spiro atoms. The van der Waals surface area contributed by atoms with Gasteiger partial charge in [-0.05, 0) is 36.4 Å². The third kappa shape index (κ3) is 4.54. The maximum Gasteiger partial charge on any atom is 0.417 e. The molecule has 0 radical (unpaired) electrons. The smallest absolute Gasteiger partial charge is 0.410 e. The zero-order chi connectivity index (χ0) is 15.1. The zero-order valence-corrected chi connectivity index (χ0v) is 11.4. The average Bonchev–Trinajstić information content (AvgIpc) is 2.50. The van der Waals surface area contributed by atoms with E-state index in [9.17, 15) is 9.59 Å². The molecule has 0 aromatic heterocycles. The predicted molar refractivity (Wildman–Crippen MR) is 80.6 cm³/mol. The van der Waals surface area contributed by atoms with Gasteiger partial charge < -0.3 is 15.4 Å². The Kier molecular flexibility index (Phi) is 4.76. The van der Waals surface area contributed by atoms with Crippen molar-refractivity contribution in [3.8, 4) is 5.75 Å². The first-order valence-electron chi connectivity index (χ1n) is 6.30. The maximum absolute atomic E-state index is 11.7. The molecule has 3 amide bonds. The number of ether oxygens (including phenoxy) is 1. The molecule has 6 nitrogen and oxygen atoms in total. The Morgan fingerprint density at radius 2 is 1.43 bits per heavy atom. The fourth-order valence-corrected chi connectivity index (χ4v) is 1.57. The summed E-state index contributed by atoms with van der Waals surface area (Å²) in [6.45, 7) is 0. The summed E-state index contributed by atoms with van der Waals surface area (Å²) in [6, 6.07) is 15.1. The van der Waals surface area contributed by atoms with E-state index in [4.69, 9.17) is 4.74 Å².